The van der Waals surface area contributed by atoms with Gasteiger partial charge in [0, 0.05) is 22.2 Å². The molecule has 20 heavy (non-hydrogen) atoms. The van der Waals surface area contributed by atoms with Crippen molar-refractivity contribution in [3.8, 4) is 0 Å². The van der Waals surface area contributed by atoms with E-state index >= 15 is 0 Å². The molecule has 2 fully saturated rings. The summed E-state index contributed by atoms with van der Waals surface area (Å²) >= 11 is 3.46. The summed E-state index contributed by atoms with van der Waals surface area (Å²) in [6, 6.07) is 8.46. The molecule has 2 unspecified atom stereocenters. The van der Waals surface area contributed by atoms with Gasteiger partial charge < -0.3 is 0 Å². The smallest absolute Gasteiger partial charge is 0.163 e. The Labute approximate surface area is 129 Å². The van der Waals surface area contributed by atoms with Gasteiger partial charge in [0.2, 0.25) is 0 Å². The van der Waals surface area contributed by atoms with E-state index in [1.54, 1.807) is 0 Å². The fourth-order valence-corrected chi connectivity index (χ4v) is 4.37. The number of rotatable bonds is 2. The monoisotopic (exact) mass is 332 g/mol. The number of fused-ring (bicyclic) bond motifs is 2. The third-order valence-corrected chi connectivity index (χ3v) is 6.50. The van der Waals surface area contributed by atoms with Gasteiger partial charge in [-0.2, -0.15) is 0 Å². The summed E-state index contributed by atoms with van der Waals surface area (Å²) in [7, 11) is 0. The molecule has 0 radical (unpaired) electrons. The Kier molecular flexibility index (Phi) is 3.20. The van der Waals surface area contributed by atoms with Crippen molar-refractivity contribution in [1.29, 1.82) is 0 Å². The van der Waals surface area contributed by atoms with Gasteiger partial charge in [-0.05, 0) is 35.5 Å². The highest BCUT2D eigenvalue weighted by molar-refractivity contribution is 9.08. The first-order valence-corrected chi connectivity index (χ1v) is 8.43. The number of benzene rings is 1. The van der Waals surface area contributed by atoms with Gasteiger partial charge in [-0.25, -0.2) is 0 Å². The van der Waals surface area contributed by atoms with Crippen LogP contribution < -0.4 is 0 Å². The number of allylic oxidation sites excluding steroid dienone is 1. The molecule has 0 aliphatic heterocycles. The Morgan fingerprint density at radius 3 is 2.40 bits per heavy atom. The summed E-state index contributed by atoms with van der Waals surface area (Å²) in [6.45, 7) is 6.80. The molecule has 0 spiro atoms. The van der Waals surface area contributed by atoms with Crippen LogP contribution >= 0.6 is 15.9 Å². The van der Waals surface area contributed by atoms with Gasteiger partial charge in [-0.15, -0.1) is 0 Å². The third kappa shape index (κ3) is 1.77. The second-order valence-electron chi connectivity index (χ2n) is 6.94. The SMILES string of the molecule is CC12CCC(C(=O)/C1=C\c1ccc(CBr)cc1)C2(C)C. The van der Waals surface area contributed by atoms with Crippen LogP contribution in [0.25, 0.3) is 6.08 Å². The zero-order valence-corrected chi connectivity index (χ0v) is 14.0. The second-order valence-corrected chi connectivity index (χ2v) is 7.50. The molecule has 0 aromatic heterocycles. The molecule has 2 heteroatoms. The van der Waals surface area contributed by atoms with Crippen LogP contribution in [0.4, 0.5) is 0 Å². The molecular weight excluding hydrogens is 312 g/mol. The molecule has 0 N–H and O–H groups in total. The van der Waals surface area contributed by atoms with Crippen molar-refractivity contribution in [3.63, 3.8) is 0 Å². The first kappa shape index (κ1) is 14.1. The molecule has 1 aromatic rings. The second kappa shape index (κ2) is 4.56. The quantitative estimate of drug-likeness (QED) is 0.550. The lowest BCUT2D eigenvalue weighted by atomic mass is 9.69. The number of carbonyl (C=O) groups excluding carboxylic acids is 1. The van der Waals surface area contributed by atoms with Crippen molar-refractivity contribution in [2.24, 2.45) is 16.7 Å². The normalized spacial score (nSPS) is 33.1. The van der Waals surface area contributed by atoms with Gasteiger partial charge in [0.15, 0.2) is 5.78 Å². The van der Waals surface area contributed by atoms with Crippen LogP contribution in [-0.4, -0.2) is 5.78 Å². The van der Waals surface area contributed by atoms with Crippen molar-refractivity contribution >= 4 is 27.8 Å². The topological polar surface area (TPSA) is 17.1 Å². The number of Topliss-reactive ketones (excluding diaryl/α,β-unsaturated/α-hetero) is 1. The summed E-state index contributed by atoms with van der Waals surface area (Å²) in [5.41, 5.74) is 3.60. The largest absolute Gasteiger partial charge is 0.294 e. The molecule has 106 valence electrons. The van der Waals surface area contributed by atoms with Crippen LogP contribution in [0.15, 0.2) is 29.8 Å². The van der Waals surface area contributed by atoms with Gasteiger partial charge in [-0.1, -0.05) is 61.0 Å². The molecule has 0 saturated heterocycles. The lowest BCUT2D eigenvalue weighted by Crippen LogP contribution is -2.27. The van der Waals surface area contributed by atoms with Crippen LogP contribution in [0.5, 0.6) is 0 Å². The minimum absolute atomic E-state index is 0.0445. The number of halogens is 1. The van der Waals surface area contributed by atoms with Gasteiger partial charge in [0.05, 0.1) is 0 Å². The summed E-state index contributed by atoms with van der Waals surface area (Å²) in [5.74, 6) is 0.605. The Hall–Kier alpha value is -0.890. The van der Waals surface area contributed by atoms with E-state index in [1.807, 2.05) is 0 Å². The van der Waals surface area contributed by atoms with Crippen LogP contribution in [0, 0.1) is 16.7 Å². The molecule has 2 atom stereocenters. The summed E-state index contributed by atoms with van der Waals surface area (Å²) < 4.78 is 0. The van der Waals surface area contributed by atoms with Gasteiger partial charge in [-0.3, -0.25) is 4.79 Å². The molecule has 1 nitrogen and oxygen atoms in total. The molecule has 2 aliphatic carbocycles. The average molecular weight is 333 g/mol. The average Bonchev–Trinajstić information content (AvgIpc) is 2.73. The van der Waals surface area contributed by atoms with Gasteiger partial charge in [0.25, 0.3) is 0 Å². The third-order valence-electron chi connectivity index (χ3n) is 5.85. The van der Waals surface area contributed by atoms with Gasteiger partial charge >= 0.3 is 0 Å². The van der Waals surface area contributed by atoms with Crippen molar-refractivity contribution < 1.29 is 4.79 Å². The first-order chi connectivity index (χ1) is 9.40. The summed E-state index contributed by atoms with van der Waals surface area (Å²) in [4.78, 5) is 12.6. The molecule has 0 heterocycles. The van der Waals surface area contributed by atoms with Crippen LogP contribution in [0.3, 0.4) is 0 Å². The number of carbonyl (C=O) groups is 1. The highest BCUT2D eigenvalue weighted by Crippen LogP contribution is 2.66. The minimum Gasteiger partial charge on any atom is -0.294 e. The van der Waals surface area contributed by atoms with E-state index in [4.69, 9.17) is 0 Å². The van der Waals surface area contributed by atoms with E-state index in [0.29, 0.717) is 5.78 Å². The van der Waals surface area contributed by atoms with Gasteiger partial charge in [0.1, 0.15) is 0 Å². The predicted molar refractivity (Wildman–Crippen MR) is 86.7 cm³/mol. The van der Waals surface area contributed by atoms with Crippen molar-refractivity contribution in [1.82, 2.24) is 0 Å². The molecule has 0 amide bonds. The lowest BCUT2D eigenvalue weighted by molar-refractivity contribution is -0.119. The Bertz CT molecular complexity index is 582. The maximum atomic E-state index is 12.6. The van der Waals surface area contributed by atoms with E-state index in [1.165, 1.54) is 5.56 Å². The standard InChI is InChI=1S/C18H21BrO/c1-17(2)14-8-9-18(17,3)15(16(14)20)10-12-4-6-13(11-19)7-5-12/h4-7,10,14H,8-9,11H2,1-3H3/b15-10+. The van der Waals surface area contributed by atoms with Crippen molar-refractivity contribution in [2.75, 3.05) is 0 Å². The maximum Gasteiger partial charge on any atom is 0.163 e. The van der Waals surface area contributed by atoms with E-state index in [9.17, 15) is 4.79 Å². The van der Waals surface area contributed by atoms with E-state index in [-0.39, 0.29) is 16.7 Å². The first-order valence-electron chi connectivity index (χ1n) is 7.31. The Morgan fingerprint density at radius 1 is 1.25 bits per heavy atom. The maximum absolute atomic E-state index is 12.6. The van der Waals surface area contributed by atoms with E-state index in [0.717, 1.165) is 29.3 Å². The minimum atomic E-state index is 0.0445. The highest BCUT2D eigenvalue weighted by atomic mass is 79.9. The highest BCUT2D eigenvalue weighted by Gasteiger charge is 2.63. The molecule has 1 aromatic carbocycles. The van der Waals surface area contributed by atoms with Crippen LogP contribution in [0.1, 0.15) is 44.7 Å². The summed E-state index contributed by atoms with van der Waals surface area (Å²) in [6.07, 6.45) is 4.32. The molecule has 3 rings (SSSR count). The lowest BCUT2D eigenvalue weighted by Gasteiger charge is -2.34. The van der Waals surface area contributed by atoms with Crippen molar-refractivity contribution in [2.45, 2.75) is 38.9 Å². The molecule has 2 aliphatic rings. The molecular formula is C18H21BrO. The fourth-order valence-electron chi connectivity index (χ4n) is 4.00. The number of hydrogen-bond donors (Lipinski definition) is 0. The predicted octanol–water partition coefficient (Wildman–Crippen LogP) is 4.99. The molecule has 2 saturated carbocycles. The zero-order valence-electron chi connectivity index (χ0n) is 12.4. The zero-order chi connectivity index (χ0) is 14.5. The number of alkyl halides is 1. The van der Waals surface area contributed by atoms with Crippen LogP contribution in [-0.2, 0) is 10.1 Å². The van der Waals surface area contributed by atoms with Crippen LogP contribution in [0.2, 0.25) is 0 Å². The Morgan fingerprint density at radius 2 is 1.90 bits per heavy atom. The van der Waals surface area contributed by atoms with E-state index in [2.05, 4.69) is 67.0 Å². The van der Waals surface area contributed by atoms with E-state index < -0.39 is 0 Å². The molecule has 2 bridgehead atoms. The fraction of sp³-hybridized carbons (Fsp3) is 0.500. The number of ketones is 1. The Balaban J connectivity index is 2.01. The number of hydrogen-bond acceptors (Lipinski definition) is 1. The van der Waals surface area contributed by atoms with Crippen molar-refractivity contribution in [3.05, 3.63) is 41.0 Å². The summed E-state index contributed by atoms with van der Waals surface area (Å²) in [5, 5.41) is 0.871.